The Morgan fingerprint density at radius 2 is 2.04 bits per heavy atom. The molecule has 0 aromatic heterocycles. The highest BCUT2D eigenvalue weighted by Crippen LogP contribution is 2.33. The number of amides is 1. The summed E-state index contributed by atoms with van der Waals surface area (Å²) in [6.07, 6.45) is -0.501. The smallest absolute Gasteiger partial charge is 0.258 e. The van der Waals surface area contributed by atoms with Crippen molar-refractivity contribution in [1.29, 1.82) is 0 Å². The van der Waals surface area contributed by atoms with E-state index in [2.05, 4.69) is 0 Å². The number of hydrogen-bond acceptors (Lipinski definition) is 4. The molecule has 6 heteroatoms. The van der Waals surface area contributed by atoms with E-state index in [1.165, 1.54) is 12.1 Å². The van der Waals surface area contributed by atoms with E-state index in [1.54, 1.807) is 23.1 Å². The minimum atomic E-state index is -0.702. The number of aliphatic hydroxyl groups excluding tert-OH is 1. The van der Waals surface area contributed by atoms with Gasteiger partial charge >= 0.3 is 0 Å². The Morgan fingerprint density at radius 3 is 2.81 bits per heavy atom. The second kappa shape index (κ2) is 7.05. The maximum absolute atomic E-state index is 13.1. The second-order valence-corrected chi connectivity index (χ2v) is 6.67. The lowest BCUT2D eigenvalue weighted by Crippen LogP contribution is -2.40. The molecule has 2 unspecified atom stereocenters. The number of nitrogens with zero attached hydrogens (tertiary/aromatic N) is 1. The molecule has 136 valence electrons. The standard InChI is InChI=1S/C20H20FNO4/c21-15-6-4-13(5-7-15)10-22-11-14-2-1-3-18(19(14)20(22)24)26-17-8-9-25-12-16(17)23/h1-7,16-17,23H,8-12H2. The summed E-state index contributed by atoms with van der Waals surface area (Å²) in [5, 5.41) is 10.0. The molecule has 1 amide bonds. The molecule has 2 atom stereocenters. The van der Waals surface area contributed by atoms with Crippen molar-refractivity contribution in [3.63, 3.8) is 0 Å². The topological polar surface area (TPSA) is 59.0 Å². The molecule has 1 N–H and O–H groups in total. The third-order valence-electron chi connectivity index (χ3n) is 4.80. The van der Waals surface area contributed by atoms with Crippen LogP contribution in [0, 0.1) is 5.82 Å². The van der Waals surface area contributed by atoms with Gasteiger partial charge in [0.2, 0.25) is 0 Å². The Hall–Kier alpha value is -2.44. The summed E-state index contributed by atoms with van der Waals surface area (Å²) in [6, 6.07) is 11.7. The van der Waals surface area contributed by atoms with Crippen LogP contribution in [0.3, 0.4) is 0 Å². The Morgan fingerprint density at radius 1 is 1.23 bits per heavy atom. The van der Waals surface area contributed by atoms with Gasteiger partial charge in [-0.25, -0.2) is 4.39 Å². The van der Waals surface area contributed by atoms with Crippen LogP contribution >= 0.6 is 0 Å². The lowest BCUT2D eigenvalue weighted by molar-refractivity contribution is -0.0752. The quantitative estimate of drug-likeness (QED) is 0.914. The van der Waals surface area contributed by atoms with Crippen LogP contribution in [-0.2, 0) is 17.8 Å². The van der Waals surface area contributed by atoms with Gasteiger partial charge in [0.25, 0.3) is 5.91 Å². The van der Waals surface area contributed by atoms with Gasteiger partial charge in [0.15, 0.2) is 0 Å². The van der Waals surface area contributed by atoms with Crippen molar-refractivity contribution in [2.75, 3.05) is 13.2 Å². The van der Waals surface area contributed by atoms with E-state index in [4.69, 9.17) is 9.47 Å². The third kappa shape index (κ3) is 3.30. The summed E-state index contributed by atoms with van der Waals surface area (Å²) in [5.74, 6) is 0.0945. The van der Waals surface area contributed by atoms with Crippen molar-refractivity contribution in [2.45, 2.75) is 31.7 Å². The summed E-state index contributed by atoms with van der Waals surface area (Å²) in [7, 11) is 0. The van der Waals surface area contributed by atoms with E-state index in [1.807, 2.05) is 12.1 Å². The Kier molecular flexibility index (Phi) is 4.61. The van der Waals surface area contributed by atoms with Gasteiger partial charge in [-0.15, -0.1) is 0 Å². The van der Waals surface area contributed by atoms with Gasteiger partial charge in [0.05, 0.1) is 18.8 Å². The minimum absolute atomic E-state index is 0.110. The van der Waals surface area contributed by atoms with Crippen LogP contribution in [-0.4, -0.2) is 41.3 Å². The fraction of sp³-hybridized carbons (Fsp3) is 0.350. The molecular weight excluding hydrogens is 337 g/mol. The number of fused-ring (bicyclic) bond motifs is 1. The number of halogens is 1. The van der Waals surface area contributed by atoms with Crippen LogP contribution in [0.1, 0.15) is 27.9 Å². The van der Waals surface area contributed by atoms with Crippen LogP contribution in [0.25, 0.3) is 0 Å². The number of carbonyl (C=O) groups is 1. The van der Waals surface area contributed by atoms with Crippen molar-refractivity contribution in [1.82, 2.24) is 4.90 Å². The van der Waals surface area contributed by atoms with Gasteiger partial charge in [-0.3, -0.25) is 4.79 Å². The molecule has 26 heavy (non-hydrogen) atoms. The molecule has 0 saturated carbocycles. The first kappa shape index (κ1) is 17.0. The van der Waals surface area contributed by atoms with E-state index in [-0.39, 0.29) is 24.4 Å². The van der Waals surface area contributed by atoms with Gasteiger partial charge in [-0.05, 0) is 29.3 Å². The first-order valence-electron chi connectivity index (χ1n) is 8.70. The maximum atomic E-state index is 13.1. The predicted octanol–water partition coefficient (Wildman–Crippen LogP) is 2.51. The number of aliphatic hydroxyl groups is 1. The number of rotatable bonds is 4. The molecule has 5 nitrogen and oxygen atoms in total. The van der Waals surface area contributed by atoms with E-state index in [9.17, 15) is 14.3 Å². The van der Waals surface area contributed by atoms with E-state index in [0.717, 1.165) is 11.1 Å². The Labute approximate surface area is 151 Å². The average Bonchev–Trinajstić information content (AvgIpc) is 2.96. The summed E-state index contributed by atoms with van der Waals surface area (Å²) in [4.78, 5) is 14.6. The number of carbonyl (C=O) groups excluding carboxylic acids is 1. The first-order chi connectivity index (χ1) is 12.6. The molecule has 2 aromatic rings. The molecule has 2 aromatic carbocycles. The van der Waals surface area contributed by atoms with E-state index < -0.39 is 6.10 Å². The zero-order chi connectivity index (χ0) is 18.1. The molecule has 1 saturated heterocycles. The molecule has 2 heterocycles. The van der Waals surface area contributed by atoms with Gasteiger partial charge in [0, 0.05) is 19.5 Å². The van der Waals surface area contributed by atoms with Crippen molar-refractivity contribution in [3.8, 4) is 5.75 Å². The normalized spacial score (nSPS) is 22.4. The molecule has 1 fully saturated rings. The largest absolute Gasteiger partial charge is 0.487 e. The molecular formula is C20H20FNO4. The van der Waals surface area contributed by atoms with E-state index in [0.29, 0.717) is 37.4 Å². The lowest BCUT2D eigenvalue weighted by Gasteiger charge is -2.28. The number of ether oxygens (including phenoxy) is 2. The molecule has 2 aliphatic rings. The van der Waals surface area contributed by atoms with Crippen LogP contribution in [0.2, 0.25) is 0 Å². The predicted molar refractivity (Wildman–Crippen MR) is 92.3 cm³/mol. The fourth-order valence-electron chi connectivity index (χ4n) is 3.43. The van der Waals surface area contributed by atoms with Gasteiger partial charge in [-0.2, -0.15) is 0 Å². The maximum Gasteiger partial charge on any atom is 0.258 e. The van der Waals surface area contributed by atoms with Crippen molar-refractivity contribution in [3.05, 3.63) is 65.0 Å². The zero-order valence-corrected chi connectivity index (χ0v) is 14.2. The highest BCUT2D eigenvalue weighted by atomic mass is 19.1. The van der Waals surface area contributed by atoms with Crippen molar-refractivity contribution < 1.29 is 23.8 Å². The van der Waals surface area contributed by atoms with Gasteiger partial charge < -0.3 is 19.5 Å². The van der Waals surface area contributed by atoms with Crippen LogP contribution in [0.5, 0.6) is 5.75 Å². The van der Waals surface area contributed by atoms with Gasteiger partial charge in [-0.1, -0.05) is 24.3 Å². The van der Waals surface area contributed by atoms with Crippen molar-refractivity contribution in [2.24, 2.45) is 0 Å². The minimum Gasteiger partial charge on any atom is -0.487 e. The molecule has 4 rings (SSSR count). The second-order valence-electron chi connectivity index (χ2n) is 6.67. The van der Waals surface area contributed by atoms with Gasteiger partial charge in [0.1, 0.15) is 23.8 Å². The van der Waals surface area contributed by atoms with Crippen LogP contribution < -0.4 is 4.74 Å². The van der Waals surface area contributed by atoms with Crippen LogP contribution in [0.4, 0.5) is 4.39 Å². The zero-order valence-electron chi connectivity index (χ0n) is 14.2. The highest BCUT2D eigenvalue weighted by Gasteiger charge is 2.33. The average molecular weight is 357 g/mol. The summed E-state index contributed by atoms with van der Waals surface area (Å²) in [5.41, 5.74) is 2.32. The Balaban J connectivity index is 1.53. The number of hydrogen-bond donors (Lipinski definition) is 1. The summed E-state index contributed by atoms with van der Waals surface area (Å²) in [6.45, 7) is 1.66. The molecule has 0 bridgehead atoms. The molecule has 2 aliphatic heterocycles. The summed E-state index contributed by atoms with van der Waals surface area (Å²) < 4.78 is 24.3. The monoisotopic (exact) mass is 357 g/mol. The number of benzene rings is 2. The van der Waals surface area contributed by atoms with E-state index >= 15 is 0 Å². The lowest BCUT2D eigenvalue weighted by atomic mass is 10.1. The Bertz CT molecular complexity index is 808. The fourth-order valence-corrected chi connectivity index (χ4v) is 3.43. The molecule has 0 aliphatic carbocycles. The molecule has 0 spiro atoms. The van der Waals surface area contributed by atoms with Crippen LogP contribution in [0.15, 0.2) is 42.5 Å². The van der Waals surface area contributed by atoms with Crippen molar-refractivity contribution >= 4 is 5.91 Å². The highest BCUT2D eigenvalue weighted by molar-refractivity contribution is 6.01. The SMILES string of the molecule is O=C1c2c(cccc2OC2CCOCC2O)CN1Cc1ccc(F)cc1. The first-order valence-corrected chi connectivity index (χ1v) is 8.70. The third-order valence-corrected chi connectivity index (χ3v) is 4.80. The summed E-state index contributed by atoms with van der Waals surface area (Å²) >= 11 is 0. The molecule has 0 radical (unpaired) electrons.